The van der Waals surface area contributed by atoms with Crippen LogP contribution in [0.25, 0.3) is 11.0 Å². The van der Waals surface area contributed by atoms with Crippen LogP contribution in [0.2, 0.25) is 0 Å². The second-order valence-corrected chi connectivity index (χ2v) is 6.78. The molecular weight excluding hydrogens is 348 g/mol. The van der Waals surface area contributed by atoms with Gasteiger partial charge in [0.1, 0.15) is 10.6 Å². The Morgan fingerprint density at radius 2 is 1.64 bits per heavy atom. The minimum atomic E-state index is -4.20. The highest BCUT2D eigenvalue weighted by molar-refractivity contribution is 7.87. The van der Waals surface area contributed by atoms with Crippen LogP contribution in [0.3, 0.4) is 0 Å². The molecular formula is C16H12N2O6S. The molecule has 0 radical (unpaired) electrons. The van der Waals surface area contributed by atoms with Crippen molar-refractivity contribution in [3.8, 4) is 5.75 Å². The number of ketones is 1. The molecule has 3 aromatic rings. The van der Waals surface area contributed by atoms with Gasteiger partial charge in [0.2, 0.25) is 0 Å². The minimum Gasteiger partial charge on any atom is -0.379 e. The maximum absolute atomic E-state index is 12.4. The first kappa shape index (κ1) is 16.7. The lowest BCUT2D eigenvalue weighted by atomic mass is 10.1. The van der Waals surface area contributed by atoms with E-state index in [1.165, 1.54) is 43.3 Å². The third-order valence-electron chi connectivity index (χ3n) is 3.43. The van der Waals surface area contributed by atoms with Crippen LogP contribution in [0.4, 0.5) is 0 Å². The summed E-state index contributed by atoms with van der Waals surface area (Å²) in [6.07, 6.45) is 0. The number of Topliss-reactive ketones (excluding diaryl/α,β-unsaturated/α-hetero) is 1. The van der Waals surface area contributed by atoms with E-state index in [0.717, 1.165) is 0 Å². The highest BCUT2D eigenvalue weighted by Gasteiger charge is 2.18. The van der Waals surface area contributed by atoms with E-state index >= 15 is 0 Å². The molecule has 25 heavy (non-hydrogen) atoms. The van der Waals surface area contributed by atoms with Crippen LogP contribution in [0.5, 0.6) is 5.75 Å². The fourth-order valence-corrected chi connectivity index (χ4v) is 3.14. The summed E-state index contributed by atoms with van der Waals surface area (Å²) in [5, 5.41) is 0. The molecule has 0 amide bonds. The fourth-order valence-electron chi connectivity index (χ4n) is 2.19. The molecule has 128 valence electrons. The Morgan fingerprint density at radius 1 is 0.960 bits per heavy atom. The van der Waals surface area contributed by atoms with Crippen molar-refractivity contribution in [2.24, 2.45) is 0 Å². The summed E-state index contributed by atoms with van der Waals surface area (Å²) in [6.45, 7) is 1.36. The molecule has 0 saturated heterocycles. The molecule has 8 nitrogen and oxygen atoms in total. The van der Waals surface area contributed by atoms with Crippen LogP contribution in [-0.2, 0) is 10.1 Å². The molecule has 0 aliphatic rings. The second-order valence-electron chi connectivity index (χ2n) is 5.24. The highest BCUT2D eigenvalue weighted by Crippen LogP contribution is 2.21. The summed E-state index contributed by atoms with van der Waals surface area (Å²) < 4.78 is 29.9. The topological polar surface area (TPSA) is 126 Å². The lowest BCUT2D eigenvalue weighted by molar-refractivity contribution is 0.101. The smallest absolute Gasteiger partial charge is 0.339 e. The first-order valence-corrected chi connectivity index (χ1v) is 8.49. The van der Waals surface area contributed by atoms with Gasteiger partial charge in [-0.05, 0) is 37.3 Å². The van der Waals surface area contributed by atoms with E-state index in [2.05, 4.69) is 9.97 Å². The summed E-state index contributed by atoms with van der Waals surface area (Å²) in [6, 6.07) is 9.53. The molecule has 3 rings (SSSR count). The SMILES string of the molecule is CC(=O)c1cccc(OS(=O)(=O)c2ccc3[nH]c(=O)c(=O)[nH]c3c2)c1. The van der Waals surface area contributed by atoms with Gasteiger partial charge in [0.15, 0.2) is 5.78 Å². The Morgan fingerprint density at radius 3 is 2.32 bits per heavy atom. The maximum Gasteiger partial charge on any atom is 0.339 e. The molecule has 0 atom stereocenters. The minimum absolute atomic E-state index is 0.0113. The van der Waals surface area contributed by atoms with E-state index < -0.39 is 21.2 Å². The van der Waals surface area contributed by atoms with Gasteiger partial charge in [-0.2, -0.15) is 8.42 Å². The summed E-state index contributed by atoms with van der Waals surface area (Å²) in [7, 11) is -4.20. The van der Waals surface area contributed by atoms with Crippen molar-refractivity contribution >= 4 is 26.9 Å². The normalized spacial score (nSPS) is 11.4. The van der Waals surface area contributed by atoms with Crippen molar-refractivity contribution in [3.63, 3.8) is 0 Å². The van der Waals surface area contributed by atoms with Crippen molar-refractivity contribution in [3.05, 3.63) is 68.7 Å². The van der Waals surface area contributed by atoms with Gasteiger partial charge in [0.25, 0.3) is 0 Å². The number of carbonyl (C=O) groups excluding carboxylic acids is 1. The van der Waals surface area contributed by atoms with Crippen LogP contribution in [-0.4, -0.2) is 24.2 Å². The van der Waals surface area contributed by atoms with Crippen LogP contribution in [0.15, 0.2) is 56.9 Å². The van der Waals surface area contributed by atoms with E-state index in [-0.39, 0.29) is 27.5 Å². The summed E-state index contributed by atoms with van der Waals surface area (Å²) >= 11 is 0. The van der Waals surface area contributed by atoms with Crippen LogP contribution in [0.1, 0.15) is 17.3 Å². The Bertz CT molecular complexity index is 1210. The van der Waals surface area contributed by atoms with Crippen LogP contribution in [0, 0.1) is 0 Å². The third kappa shape index (κ3) is 3.36. The third-order valence-corrected chi connectivity index (χ3v) is 4.67. The van der Waals surface area contributed by atoms with Gasteiger partial charge >= 0.3 is 21.2 Å². The van der Waals surface area contributed by atoms with Gasteiger partial charge in [-0.25, -0.2) is 0 Å². The van der Waals surface area contributed by atoms with Gasteiger partial charge in [-0.3, -0.25) is 14.4 Å². The van der Waals surface area contributed by atoms with Gasteiger partial charge < -0.3 is 14.2 Å². The van der Waals surface area contributed by atoms with Gasteiger partial charge in [-0.15, -0.1) is 0 Å². The van der Waals surface area contributed by atoms with E-state index in [1.807, 2.05) is 0 Å². The molecule has 0 aliphatic heterocycles. The number of benzene rings is 2. The Hall–Kier alpha value is -3.20. The maximum atomic E-state index is 12.4. The van der Waals surface area contributed by atoms with E-state index in [4.69, 9.17) is 4.18 Å². The number of fused-ring (bicyclic) bond motifs is 1. The van der Waals surface area contributed by atoms with Crippen LogP contribution >= 0.6 is 0 Å². The molecule has 0 unspecified atom stereocenters. The Kier molecular flexibility index (Phi) is 4.01. The summed E-state index contributed by atoms with van der Waals surface area (Å²) in [5.41, 5.74) is -0.987. The molecule has 2 aromatic carbocycles. The lowest BCUT2D eigenvalue weighted by Gasteiger charge is -2.08. The zero-order valence-corrected chi connectivity index (χ0v) is 13.7. The number of H-pyrrole nitrogens is 2. The molecule has 0 fully saturated rings. The average Bonchev–Trinajstić information content (AvgIpc) is 2.55. The van der Waals surface area contributed by atoms with E-state index in [0.29, 0.717) is 5.56 Å². The number of rotatable bonds is 4. The lowest BCUT2D eigenvalue weighted by Crippen LogP contribution is -2.29. The Balaban J connectivity index is 2.02. The quantitative estimate of drug-likeness (QED) is 0.409. The summed E-state index contributed by atoms with van der Waals surface area (Å²) in [5.74, 6) is -0.238. The molecule has 9 heteroatoms. The Labute approximate surface area is 141 Å². The predicted octanol–water partition coefficient (Wildman–Crippen LogP) is 1.19. The first-order valence-electron chi connectivity index (χ1n) is 7.08. The number of hydrogen-bond donors (Lipinski definition) is 2. The van der Waals surface area contributed by atoms with Crippen LogP contribution < -0.4 is 15.3 Å². The number of aromatic amines is 2. The number of nitrogens with one attached hydrogen (secondary N) is 2. The van der Waals surface area contributed by atoms with Crippen molar-refractivity contribution in [2.75, 3.05) is 0 Å². The van der Waals surface area contributed by atoms with E-state index in [1.54, 1.807) is 6.07 Å². The standard InChI is InChI=1S/C16H12N2O6S/c1-9(19)10-3-2-4-11(7-10)24-25(22,23)12-5-6-13-14(8-12)18-16(21)15(20)17-13/h2-8H,1H3,(H,17,20)(H,18,21). The average molecular weight is 360 g/mol. The van der Waals surface area contributed by atoms with E-state index in [9.17, 15) is 22.8 Å². The van der Waals surface area contributed by atoms with Crippen molar-refractivity contribution in [1.29, 1.82) is 0 Å². The van der Waals surface area contributed by atoms with Gasteiger partial charge in [0, 0.05) is 5.56 Å². The highest BCUT2D eigenvalue weighted by atomic mass is 32.2. The number of aromatic nitrogens is 2. The van der Waals surface area contributed by atoms with Gasteiger partial charge in [-0.1, -0.05) is 12.1 Å². The van der Waals surface area contributed by atoms with Gasteiger partial charge in [0.05, 0.1) is 11.0 Å². The molecule has 1 aromatic heterocycles. The molecule has 0 aliphatic carbocycles. The number of hydrogen-bond acceptors (Lipinski definition) is 6. The fraction of sp³-hybridized carbons (Fsp3) is 0.0625. The first-order chi connectivity index (χ1) is 11.8. The zero-order chi connectivity index (χ0) is 18.2. The summed E-state index contributed by atoms with van der Waals surface area (Å²) in [4.78, 5) is 38.4. The van der Waals surface area contributed by atoms with Crippen molar-refractivity contribution < 1.29 is 17.4 Å². The predicted molar refractivity (Wildman–Crippen MR) is 89.4 cm³/mol. The molecule has 0 bridgehead atoms. The molecule has 2 N–H and O–H groups in total. The largest absolute Gasteiger partial charge is 0.379 e. The second kappa shape index (κ2) is 6.02. The number of carbonyl (C=O) groups is 1. The van der Waals surface area contributed by atoms with Crippen molar-refractivity contribution in [1.82, 2.24) is 9.97 Å². The zero-order valence-electron chi connectivity index (χ0n) is 12.9. The molecule has 0 saturated carbocycles. The monoisotopic (exact) mass is 360 g/mol. The molecule has 0 spiro atoms. The molecule has 1 heterocycles. The van der Waals surface area contributed by atoms with Crippen molar-refractivity contribution in [2.45, 2.75) is 11.8 Å².